The number of hydrogen-bond donors (Lipinski definition) is 1. The number of thiazole rings is 1. The molecule has 1 aromatic rings. The number of aryl methyl sites for hydroxylation is 1. The second-order valence-corrected chi connectivity index (χ2v) is 4.86. The van der Waals surface area contributed by atoms with Crippen LogP contribution in [0.3, 0.4) is 0 Å². The van der Waals surface area contributed by atoms with E-state index < -0.39 is 0 Å². The first-order valence-corrected chi connectivity index (χ1v) is 5.75. The van der Waals surface area contributed by atoms with E-state index in [0.29, 0.717) is 11.3 Å². The maximum atomic E-state index is 11.0. The van der Waals surface area contributed by atoms with Crippen molar-refractivity contribution in [2.24, 2.45) is 0 Å². The number of carbonyl (C=O) groups is 1. The Morgan fingerprint density at radius 3 is 2.93 bits per heavy atom. The van der Waals surface area contributed by atoms with E-state index in [1.807, 2.05) is 4.57 Å². The number of ketones is 1. The van der Waals surface area contributed by atoms with Gasteiger partial charge in [-0.2, -0.15) is 0 Å². The van der Waals surface area contributed by atoms with Crippen LogP contribution in [0, 0.1) is 5.41 Å². The molecule has 0 unspecified atom stereocenters. The Morgan fingerprint density at radius 2 is 2.21 bits per heavy atom. The molecule has 0 aliphatic heterocycles. The third-order valence-electron chi connectivity index (χ3n) is 2.56. The molecule has 1 N–H and O–H groups in total. The van der Waals surface area contributed by atoms with Crippen molar-refractivity contribution in [3.63, 3.8) is 0 Å². The zero-order chi connectivity index (χ0) is 10.1. The quantitative estimate of drug-likeness (QED) is 0.790. The van der Waals surface area contributed by atoms with Crippen molar-refractivity contribution in [3.05, 3.63) is 15.4 Å². The fourth-order valence-electron chi connectivity index (χ4n) is 1.94. The number of aromatic nitrogens is 1. The van der Waals surface area contributed by atoms with Gasteiger partial charge in [0.25, 0.3) is 0 Å². The van der Waals surface area contributed by atoms with Crippen LogP contribution in [0.5, 0.6) is 0 Å². The summed E-state index contributed by atoms with van der Waals surface area (Å²) in [5.41, 5.74) is 1.24. The normalized spacial score (nSPS) is 15.2. The third kappa shape index (κ3) is 1.66. The zero-order valence-electron chi connectivity index (χ0n) is 8.30. The first kappa shape index (κ1) is 9.65. The molecule has 0 fully saturated rings. The van der Waals surface area contributed by atoms with Crippen LogP contribution >= 0.6 is 11.3 Å². The number of rotatable bonds is 2. The Bertz CT molecular complexity index is 416. The molecule has 0 spiro atoms. The van der Waals surface area contributed by atoms with Gasteiger partial charge in [-0.25, -0.2) is 0 Å². The van der Waals surface area contributed by atoms with Gasteiger partial charge in [0.05, 0.1) is 6.54 Å². The van der Waals surface area contributed by atoms with Gasteiger partial charge in [0.1, 0.15) is 5.78 Å². The fourth-order valence-corrected chi connectivity index (χ4v) is 3.04. The topological polar surface area (TPSA) is 45.9 Å². The molecule has 3 nitrogen and oxygen atoms in total. The van der Waals surface area contributed by atoms with E-state index in [2.05, 4.69) is 0 Å². The summed E-state index contributed by atoms with van der Waals surface area (Å²) in [5.74, 6) is 0.134. The molecule has 1 aliphatic rings. The molecule has 14 heavy (non-hydrogen) atoms. The lowest BCUT2D eigenvalue weighted by molar-refractivity contribution is -0.117. The van der Waals surface area contributed by atoms with Gasteiger partial charge in [0.2, 0.25) is 0 Å². The molecule has 2 rings (SSSR count). The average molecular weight is 210 g/mol. The fraction of sp³-hybridized carbons (Fsp3) is 0.600. The summed E-state index contributed by atoms with van der Waals surface area (Å²) in [4.78, 5) is 12.9. The Hall–Kier alpha value is -0.900. The molecule has 4 heteroatoms. The Kier molecular flexibility index (Phi) is 2.54. The number of nitrogens with zero attached hydrogens (tertiary/aromatic N) is 1. The van der Waals surface area contributed by atoms with E-state index in [9.17, 15) is 4.79 Å². The van der Waals surface area contributed by atoms with Crippen molar-refractivity contribution in [2.45, 2.75) is 39.2 Å². The van der Waals surface area contributed by atoms with Gasteiger partial charge in [-0.1, -0.05) is 0 Å². The van der Waals surface area contributed by atoms with Crippen molar-refractivity contribution in [1.82, 2.24) is 4.57 Å². The molecule has 0 bridgehead atoms. The SMILES string of the molecule is CC(=O)Cn1c2c(sc1=N)CCCC2. The molecule has 0 aromatic carbocycles. The van der Waals surface area contributed by atoms with Crippen LogP contribution in [0.1, 0.15) is 30.3 Å². The van der Waals surface area contributed by atoms with Crippen LogP contribution in [-0.2, 0) is 24.2 Å². The van der Waals surface area contributed by atoms with E-state index >= 15 is 0 Å². The lowest BCUT2D eigenvalue weighted by atomic mass is 10.0. The van der Waals surface area contributed by atoms with Crippen molar-refractivity contribution in [2.75, 3.05) is 0 Å². The van der Waals surface area contributed by atoms with Gasteiger partial charge in [-0.15, -0.1) is 11.3 Å². The highest BCUT2D eigenvalue weighted by atomic mass is 32.1. The van der Waals surface area contributed by atoms with Crippen LogP contribution in [-0.4, -0.2) is 10.4 Å². The number of nitrogens with one attached hydrogen (secondary N) is 1. The summed E-state index contributed by atoms with van der Waals surface area (Å²) in [6.07, 6.45) is 4.56. The van der Waals surface area contributed by atoms with E-state index in [1.165, 1.54) is 34.7 Å². The Labute approximate surface area is 86.9 Å². The largest absolute Gasteiger partial charge is 0.314 e. The van der Waals surface area contributed by atoms with Crippen LogP contribution < -0.4 is 4.80 Å². The Balaban J connectivity index is 2.42. The van der Waals surface area contributed by atoms with Crippen LogP contribution in [0.25, 0.3) is 0 Å². The molecule has 0 saturated heterocycles. The summed E-state index contributed by atoms with van der Waals surface area (Å²) >= 11 is 1.54. The lowest BCUT2D eigenvalue weighted by Crippen LogP contribution is -2.21. The second kappa shape index (κ2) is 3.69. The predicted octanol–water partition coefficient (Wildman–Crippen LogP) is 1.50. The highest BCUT2D eigenvalue weighted by Gasteiger charge is 2.16. The summed E-state index contributed by atoms with van der Waals surface area (Å²) < 4.78 is 1.88. The molecule has 0 amide bonds. The van der Waals surface area contributed by atoms with E-state index in [4.69, 9.17) is 5.41 Å². The van der Waals surface area contributed by atoms with Gasteiger partial charge in [0.15, 0.2) is 4.80 Å². The number of Topliss-reactive ketones (excluding diaryl/α,β-unsaturated/α-hetero) is 1. The summed E-state index contributed by atoms with van der Waals surface area (Å²) in [6, 6.07) is 0. The number of carbonyl (C=O) groups excluding carboxylic acids is 1. The van der Waals surface area contributed by atoms with Crippen molar-refractivity contribution >= 4 is 17.1 Å². The minimum Gasteiger partial charge on any atom is -0.314 e. The maximum absolute atomic E-state index is 11.0. The van der Waals surface area contributed by atoms with Gasteiger partial charge >= 0.3 is 0 Å². The van der Waals surface area contributed by atoms with Crippen molar-refractivity contribution in [3.8, 4) is 0 Å². The first-order chi connectivity index (χ1) is 6.68. The van der Waals surface area contributed by atoms with Crippen molar-refractivity contribution < 1.29 is 4.79 Å². The highest BCUT2D eigenvalue weighted by molar-refractivity contribution is 7.09. The smallest absolute Gasteiger partial charge is 0.182 e. The average Bonchev–Trinajstić information content (AvgIpc) is 2.43. The van der Waals surface area contributed by atoms with Gasteiger partial charge in [-0.05, 0) is 32.6 Å². The molecule has 1 aliphatic carbocycles. The van der Waals surface area contributed by atoms with Crippen molar-refractivity contribution in [1.29, 1.82) is 5.41 Å². The second-order valence-electron chi connectivity index (χ2n) is 3.77. The molecule has 1 heterocycles. The predicted molar refractivity (Wildman–Crippen MR) is 55.5 cm³/mol. The first-order valence-electron chi connectivity index (χ1n) is 4.94. The zero-order valence-corrected chi connectivity index (χ0v) is 9.12. The molecule has 0 saturated carbocycles. The molecule has 0 radical (unpaired) electrons. The van der Waals surface area contributed by atoms with Gasteiger partial charge in [0, 0.05) is 10.6 Å². The summed E-state index contributed by atoms with van der Waals surface area (Å²) in [7, 11) is 0. The maximum Gasteiger partial charge on any atom is 0.182 e. The summed E-state index contributed by atoms with van der Waals surface area (Å²) in [6.45, 7) is 1.96. The molecule has 76 valence electrons. The monoisotopic (exact) mass is 210 g/mol. The minimum atomic E-state index is 0.134. The van der Waals surface area contributed by atoms with Crippen LogP contribution in [0.15, 0.2) is 0 Å². The van der Waals surface area contributed by atoms with E-state index in [0.717, 1.165) is 12.8 Å². The molecule has 1 aromatic heterocycles. The lowest BCUT2D eigenvalue weighted by Gasteiger charge is -2.13. The molecule has 0 atom stereocenters. The number of hydrogen-bond acceptors (Lipinski definition) is 3. The summed E-state index contributed by atoms with van der Waals surface area (Å²) in [5, 5.41) is 7.79. The highest BCUT2D eigenvalue weighted by Crippen LogP contribution is 2.23. The van der Waals surface area contributed by atoms with Gasteiger partial charge < -0.3 is 4.57 Å². The van der Waals surface area contributed by atoms with Crippen LogP contribution in [0.2, 0.25) is 0 Å². The van der Waals surface area contributed by atoms with E-state index in [-0.39, 0.29) is 5.78 Å². The van der Waals surface area contributed by atoms with Crippen LogP contribution in [0.4, 0.5) is 0 Å². The Morgan fingerprint density at radius 1 is 1.50 bits per heavy atom. The van der Waals surface area contributed by atoms with Gasteiger partial charge in [-0.3, -0.25) is 10.2 Å². The minimum absolute atomic E-state index is 0.134. The number of fused-ring (bicyclic) bond motifs is 1. The molecular formula is C10H14N2OS. The third-order valence-corrected chi connectivity index (χ3v) is 3.66. The molecular weight excluding hydrogens is 196 g/mol. The standard InChI is InChI=1S/C10H14N2OS/c1-7(13)6-12-8-4-2-3-5-9(8)14-10(12)11/h11H,2-6H2,1H3. The van der Waals surface area contributed by atoms with E-state index in [1.54, 1.807) is 6.92 Å².